The molecule has 2 saturated heterocycles. The van der Waals surface area contributed by atoms with Crippen LogP contribution in [-0.2, 0) is 6.54 Å². The van der Waals surface area contributed by atoms with Crippen molar-refractivity contribution in [3.63, 3.8) is 0 Å². The molecule has 1 aromatic heterocycles. The second-order valence-corrected chi connectivity index (χ2v) is 6.96. The summed E-state index contributed by atoms with van der Waals surface area (Å²) >= 11 is 1.62. The van der Waals surface area contributed by atoms with E-state index in [0.717, 1.165) is 12.6 Å². The molecular formula is C14H25N5S. The number of likely N-dealkylation sites (tertiary alicyclic amines) is 1. The molecule has 2 aliphatic rings. The third-order valence-electron chi connectivity index (χ3n) is 4.57. The molecule has 5 nitrogen and oxygen atoms in total. The maximum absolute atomic E-state index is 5.70. The number of aromatic nitrogens is 1. The van der Waals surface area contributed by atoms with Gasteiger partial charge in [0.1, 0.15) is 0 Å². The second kappa shape index (κ2) is 6.39. The van der Waals surface area contributed by atoms with E-state index in [-0.39, 0.29) is 0 Å². The van der Waals surface area contributed by atoms with E-state index >= 15 is 0 Å². The first-order valence-corrected chi connectivity index (χ1v) is 8.45. The van der Waals surface area contributed by atoms with Gasteiger partial charge in [-0.25, -0.2) is 4.98 Å². The molecular weight excluding hydrogens is 270 g/mol. The van der Waals surface area contributed by atoms with Crippen LogP contribution in [0.1, 0.15) is 18.2 Å². The van der Waals surface area contributed by atoms with E-state index in [4.69, 9.17) is 5.73 Å². The van der Waals surface area contributed by atoms with Crippen molar-refractivity contribution in [3.05, 3.63) is 11.1 Å². The average Bonchev–Trinajstić information content (AvgIpc) is 3.09. The monoisotopic (exact) mass is 295 g/mol. The van der Waals surface area contributed by atoms with Crippen LogP contribution in [0.4, 0.5) is 5.13 Å². The van der Waals surface area contributed by atoms with Gasteiger partial charge in [-0.2, -0.15) is 0 Å². The Balaban J connectivity index is 1.47. The lowest BCUT2D eigenvalue weighted by Gasteiger charge is -2.37. The van der Waals surface area contributed by atoms with Crippen molar-refractivity contribution in [2.24, 2.45) is 0 Å². The third kappa shape index (κ3) is 3.31. The van der Waals surface area contributed by atoms with Crippen LogP contribution in [0.5, 0.6) is 0 Å². The Bertz CT molecular complexity index is 427. The Morgan fingerprint density at radius 3 is 2.70 bits per heavy atom. The van der Waals surface area contributed by atoms with Gasteiger partial charge in [-0.3, -0.25) is 9.80 Å². The van der Waals surface area contributed by atoms with Gasteiger partial charge in [-0.05, 0) is 13.0 Å². The topological polar surface area (TPSA) is 48.6 Å². The molecule has 0 aliphatic carbocycles. The van der Waals surface area contributed by atoms with Gasteiger partial charge < -0.3 is 10.6 Å². The number of thiazole rings is 1. The van der Waals surface area contributed by atoms with Gasteiger partial charge in [-0.1, -0.05) is 6.92 Å². The predicted molar refractivity (Wildman–Crippen MR) is 83.9 cm³/mol. The first-order valence-electron chi connectivity index (χ1n) is 7.63. The van der Waals surface area contributed by atoms with Crippen LogP contribution in [0, 0.1) is 0 Å². The molecule has 2 N–H and O–H groups in total. The van der Waals surface area contributed by atoms with E-state index in [9.17, 15) is 0 Å². The molecule has 20 heavy (non-hydrogen) atoms. The molecule has 0 radical (unpaired) electrons. The lowest BCUT2D eigenvalue weighted by atomic mass is 10.2. The van der Waals surface area contributed by atoms with Gasteiger partial charge in [0.15, 0.2) is 5.13 Å². The highest BCUT2D eigenvalue weighted by molar-refractivity contribution is 7.15. The summed E-state index contributed by atoms with van der Waals surface area (Å²) in [6, 6.07) is 0.749. The summed E-state index contributed by atoms with van der Waals surface area (Å²) in [4.78, 5) is 13.2. The van der Waals surface area contributed by atoms with Crippen molar-refractivity contribution in [2.45, 2.75) is 25.9 Å². The minimum absolute atomic E-state index is 0.687. The molecule has 3 heterocycles. The fraction of sp³-hybridized carbons (Fsp3) is 0.786. The molecule has 6 heteroatoms. The summed E-state index contributed by atoms with van der Waals surface area (Å²) in [5.41, 5.74) is 5.70. The SMILES string of the molecule is CCN1CCN(C2CCN(Cc3cnc(N)s3)C2)CC1. The third-order valence-corrected chi connectivity index (χ3v) is 5.38. The fourth-order valence-corrected chi connectivity index (χ4v) is 4.04. The van der Waals surface area contributed by atoms with Crippen molar-refractivity contribution >= 4 is 16.5 Å². The van der Waals surface area contributed by atoms with Crippen LogP contribution in [0.15, 0.2) is 6.20 Å². The quantitative estimate of drug-likeness (QED) is 0.896. The van der Waals surface area contributed by atoms with E-state index in [1.54, 1.807) is 11.3 Å². The van der Waals surface area contributed by atoms with E-state index in [1.807, 2.05) is 6.20 Å². The highest BCUT2D eigenvalue weighted by Crippen LogP contribution is 2.22. The second-order valence-electron chi connectivity index (χ2n) is 5.81. The number of anilines is 1. The Morgan fingerprint density at radius 2 is 2.05 bits per heavy atom. The van der Waals surface area contributed by atoms with E-state index in [1.165, 1.54) is 57.1 Å². The van der Waals surface area contributed by atoms with Gasteiger partial charge >= 0.3 is 0 Å². The largest absolute Gasteiger partial charge is 0.375 e. The molecule has 0 bridgehead atoms. The number of nitrogen functional groups attached to an aromatic ring is 1. The van der Waals surface area contributed by atoms with Gasteiger partial charge in [0.05, 0.1) is 0 Å². The Morgan fingerprint density at radius 1 is 1.25 bits per heavy atom. The van der Waals surface area contributed by atoms with E-state index < -0.39 is 0 Å². The van der Waals surface area contributed by atoms with Crippen molar-refractivity contribution < 1.29 is 0 Å². The number of hydrogen-bond acceptors (Lipinski definition) is 6. The number of piperazine rings is 1. The van der Waals surface area contributed by atoms with Crippen LogP contribution in [0.3, 0.4) is 0 Å². The summed E-state index contributed by atoms with van der Waals surface area (Å²) in [6.45, 7) is 11.8. The molecule has 2 aliphatic heterocycles. The molecule has 0 aromatic carbocycles. The van der Waals surface area contributed by atoms with Crippen LogP contribution < -0.4 is 5.73 Å². The molecule has 1 atom stereocenters. The van der Waals surface area contributed by atoms with Gasteiger partial charge in [0.2, 0.25) is 0 Å². The van der Waals surface area contributed by atoms with Crippen LogP contribution in [0.25, 0.3) is 0 Å². The number of nitrogens with zero attached hydrogens (tertiary/aromatic N) is 4. The van der Waals surface area contributed by atoms with Gasteiger partial charge in [0.25, 0.3) is 0 Å². The fourth-order valence-electron chi connectivity index (χ4n) is 3.31. The summed E-state index contributed by atoms with van der Waals surface area (Å²) in [7, 11) is 0. The first-order chi connectivity index (χ1) is 9.74. The van der Waals surface area contributed by atoms with Crippen molar-refractivity contribution in [1.82, 2.24) is 19.7 Å². The number of nitrogens with two attached hydrogens (primary N) is 1. The van der Waals surface area contributed by atoms with Crippen molar-refractivity contribution in [1.29, 1.82) is 0 Å². The zero-order valence-electron chi connectivity index (χ0n) is 12.3. The van der Waals surface area contributed by atoms with Gasteiger partial charge in [0, 0.05) is 62.9 Å². The summed E-state index contributed by atoms with van der Waals surface area (Å²) in [5, 5.41) is 0.687. The molecule has 0 amide bonds. The van der Waals surface area contributed by atoms with Crippen LogP contribution >= 0.6 is 11.3 Å². The lowest BCUT2D eigenvalue weighted by Crippen LogP contribution is -2.50. The highest BCUT2D eigenvalue weighted by Gasteiger charge is 2.29. The molecule has 0 spiro atoms. The van der Waals surface area contributed by atoms with Crippen molar-refractivity contribution in [2.75, 3.05) is 51.5 Å². The number of rotatable bonds is 4. The number of likely N-dealkylation sites (N-methyl/N-ethyl adjacent to an activating group) is 1. The van der Waals surface area contributed by atoms with Crippen LogP contribution in [0.2, 0.25) is 0 Å². The molecule has 1 unspecified atom stereocenters. The molecule has 2 fully saturated rings. The standard InChI is InChI=1S/C14H25N5S/c1-2-17-5-7-19(8-6-17)12-3-4-18(10-12)11-13-9-16-14(15)20-13/h9,12H,2-8,10-11H2,1H3,(H2,15,16). The Kier molecular flexibility index (Phi) is 4.55. The lowest BCUT2D eigenvalue weighted by molar-refractivity contribution is 0.101. The average molecular weight is 295 g/mol. The minimum atomic E-state index is 0.687. The Hall–Kier alpha value is -0.690. The summed E-state index contributed by atoms with van der Waals surface area (Å²) < 4.78 is 0. The molecule has 1 aromatic rings. The molecule has 3 rings (SSSR count). The summed E-state index contributed by atoms with van der Waals surface area (Å²) in [6.07, 6.45) is 3.23. The van der Waals surface area contributed by atoms with E-state index in [2.05, 4.69) is 26.6 Å². The molecule has 112 valence electrons. The smallest absolute Gasteiger partial charge is 0.180 e. The maximum atomic E-state index is 5.70. The summed E-state index contributed by atoms with van der Waals surface area (Å²) in [5.74, 6) is 0. The normalized spacial score (nSPS) is 26.4. The minimum Gasteiger partial charge on any atom is -0.375 e. The zero-order valence-corrected chi connectivity index (χ0v) is 13.1. The Labute approximate surface area is 125 Å². The molecule has 0 saturated carbocycles. The zero-order chi connectivity index (χ0) is 13.9. The number of hydrogen-bond donors (Lipinski definition) is 1. The first kappa shape index (κ1) is 14.3. The van der Waals surface area contributed by atoms with Crippen molar-refractivity contribution in [3.8, 4) is 0 Å². The van der Waals surface area contributed by atoms with Gasteiger partial charge in [-0.15, -0.1) is 11.3 Å². The highest BCUT2D eigenvalue weighted by atomic mass is 32.1. The van der Waals surface area contributed by atoms with Crippen LogP contribution in [-0.4, -0.2) is 71.5 Å². The maximum Gasteiger partial charge on any atom is 0.180 e. The van der Waals surface area contributed by atoms with E-state index in [0.29, 0.717) is 5.13 Å². The predicted octanol–water partition coefficient (Wildman–Crippen LogP) is 0.937.